The molecule has 0 aliphatic rings. The van der Waals surface area contributed by atoms with Crippen LogP contribution >= 0.6 is 20.2 Å². The number of halogens is 1. The highest BCUT2D eigenvalue weighted by molar-refractivity contribution is 7.58. The summed E-state index contributed by atoms with van der Waals surface area (Å²) in [6.07, 6.45) is 0. The summed E-state index contributed by atoms with van der Waals surface area (Å²) in [5.74, 6) is -0.221. The van der Waals surface area contributed by atoms with E-state index in [2.05, 4.69) is 0 Å². The molecule has 0 heterocycles. The van der Waals surface area contributed by atoms with Crippen LogP contribution in [0.15, 0.2) is 12.1 Å². The second-order valence-electron chi connectivity index (χ2n) is 2.44. The molecule has 0 bridgehead atoms. The molecule has 5 heteroatoms. The zero-order valence-electron chi connectivity index (χ0n) is 6.97. The zero-order chi connectivity index (χ0) is 10.0. The number of hydrogen-bond donors (Lipinski definition) is 2. The number of rotatable bonds is 2. The van der Waals surface area contributed by atoms with Crippen LogP contribution in [0.1, 0.15) is 10.4 Å². The largest absolute Gasteiger partial charge is 0.506 e. The Hall–Kier alpha value is -0.790. The van der Waals surface area contributed by atoms with Gasteiger partial charge in [-0.15, -0.1) is 0 Å². The summed E-state index contributed by atoms with van der Waals surface area (Å²) in [6, 6.07) is 2.99. The Morgan fingerprint density at radius 1 is 1.62 bits per heavy atom. The van der Waals surface area contributed by atoms with Gasteiger partial charge in [-0.3, -0.25) is 4.79 Å². The van der Waals surface area contributed by atoms with Gasteiger partial charge in [0.2, 0.25) is 0 Å². The summed E-state index contributed by atoms with van der Waals surface area (Å²) in [6.45, 7) is 1.74. The lowest BCUT2D eigenvalue weighted by atomic mass is 10.2. The molecule has 0 saturated heterocycles. The van der Waals surface area contributed by atoms with Crippen LogP contribution < -0.4 is 5.73 Å². The number of nitrogens with two attached hydrogens (primary N) is 1. The predicted molar refractivity (Wildman–Crippen MR) is 56.1 cm³/mol. The summed E-state index contributed by atoms with van der Waals surface area (Å²) in [4.78, 5) is 11.3. The quantitative estimate of drug-likeness (QED) is 0.589. The number of aromatic hydroxyl groups is 1. The predicted octanol–water partition coefficient (Wildman–Crippen LogP) is 2.08. The second-order valence-corrected chi connectivity index (χ2v) is 3.78. The van der Waals surface area contributed by atoms with E-state index >= 15 is 0 Å². The Labute approximate surface area is 82.7 Å². The number of phenols is 1. The summed E-state index contributed by atoms with van der Waals surface area (Å²) >= 11 is 5.66. The summed E-state index contributed by atoms with van der Waals surface area (Å²) < 4.78 is 0. The first-order chi connectivity index (χ1) is 6.07. The molecule has 0 amide bonds. The maximum Gasteiger partial charge on any atom is 0.184 e. The van der Waals surface area contributed by atoms with Crippen LogP contribution in [0.25, 0.3) is 0 Å². The molecule has 1 aromatic carbocycles. The van der Waals surface area contributed by atoms with Gasteiger partial charge in [0.05, 0.1) is 11.3 Å². The maximum absolute atomic E-state index is 11.3. The Morgan fingerprint density at radius 2 is 2.23 bits per heavy atom. The molecule has 3 nitrogen and oxygen atoms in total. The Balaban J connectivity index is 3.26. The van der Waals surface area contributed by atoms with Gasteiger partial charge >= 0.3 is 0 Å². The third-order valence-electron chi connectivity index (χ3n) is 1.62. The van der Waals surface area contributed by atoms with Crippen molar-refractivity contribution in [2.45, 2.75) is 0 Å². The lowest BCUT2D eigenvalue weighted by Gasteiger charge is -2.05. The normalized spacial score (nSPS) is 10.9. The fraction of sp³-hybridized carbons (Fsp3) is 0.125. The van der Waals surface area contributed by atoms with Crippen molar-refractivity contribution in [3.05, 3.63) is 22.7 Å². The minimum Gasteiger partial charge on any atom is -0.506 e. The number of phenolic OH excluding ortho intramolecular Hbond substituents is 1. The highest BCUT2D eigenvalue weighted by Gasteiger charge is 2.13. The topological polar surface area (TPSA) is 63.3 Å². The van der Waals surface area contributed by atoms with E-state index in [1.807, 2.05) is 0 Å². The van der Waals surface area contributed by atoms with Crippen molar-refractivity contribution in [2.24, 2.45) is 0 Å². The fourth-order valence-electron chi connectivity index (χ4n) is 0.898. The highest BCUT2D eigenvalue weighted by atomic mass is 35.5. The molecule has 0 aliphatic heterocycles. The van der Waals surface area contributed by atoms with Crippen LogP contribution in [-0.4, -0.2) is 17.3 Å². The number of nitrogen functional groups attached to an aromatic ring is 1. The molecule has 0 radical (unpaired) electrons. The van der Waals surface area contributed by atoms with Crippen molar-refractivity contribution in [3.8, 4) is 5.75 Å². The maximum atomic E-state index is 11.3. The highest BCUT2D eigenvalue weighted by Crippen LogP contribution is 2.34. The summed E-state index contributed by atoms with van der Waals surface area (Å²) in [5.41, 5.74) is 5.81. The van der Waals surface area contributed by atoms with Crippen molar-refractivity contribution >= 4 is 31.4 Å². The Morgan fingerprint density at radius 3 is 2.77 bits per heavy atom. The van der Waals surface area contributed by atoms with E-state index in [0.717, 1.165) is 0 Å². The molecule has 0 spiro atoms. The molecule has 70 valence electrons. The van der Waals surface area contributed by atoms with E-state index in [9.17, 15) is 9.90 Å². The van der Waals surface area contributed by atoms with E-state index < -0.39 is 0 Å². The first-order valence-electron chi connectivity index (χ1n) is 3.57. The van der Waals surface area contributed by atoms with Crippen molar-refractivity contribution < 1.29 is 9.90 Å². The van der Waals surface area contributed by atoms with E-state index in [0.29, 0.717) is 0 Å². The van der Waals surface area contributed by atoms with Gasteiger partial charge in [0.15, 0.2) is 5.52 Å². The number of hydrogen-bond acceptors (Lipinski definition) is 3. The van der Waals surface area contributed by atoms with Gasteiger partial charge in [0.1, 0.15) is 10.8 Å². The summed E-state index contributed by atoms with van der Waals surface area (Å²) in [5, 5.41) is 9.50. The minimum absolute atomic E-state index is 0.0455. The number of carbonyl (C=O) groups excluding carboxylic acids is 1. The van der Waals surface area contributed by atoms with Crippen molar-refractivity contribution in [3.63, 3.8) is 0 Å². The number of anilines is 1. The lowest BCUT2D eigenvalue weighted by Crippen LogP contribution is -1.94. The Kier molecular flexibility index (Phi) is 3.12. The van der Waals surface area contributed by atoms with Crippen molar-refractivity contribution in [2.75, 3.05) is 12.4 Å². The fourth-order valence-corrected chi connectivity index (χ4v) is 1.53. The van der Waals surface area contributed by atoms with Gasteiger partial charge in [0, 0.05) is 0 Å². The van der Waals surface area contributed by atoms with Crippen LogP contribution in [0.3, 0.4) is 0 Å². The van der Waals surface area contributed by atoms with Crippen molar-refractivity contribution in [1.82, 2.24) is 0 Å². The number of benzene rings is 1. The Bertz CT molecular complexity index is 354. The third-order valence-corrected chi connectivity index (χ3v) is 2.74. The van der Waals surface area contributed by atoms with Gasteiger partial charge in [-0.1, -0.05) is 11.6 Å². The van der Waals surface area contributed by atoms with Crippen LogP contribution in [0.2, 0.25) is 5.02 Å². The zero-order valence-corrected chi connectivity index (χ0v) is 8.72. The van der Waals surface area contributed by atoms with E-state index in [4.69, 9.17) is 17.3 Å². The molecule has 0 fully saturated rings. The average Bonchev–Trinajstić information content (AvgIpc) is 2.13. The molecule has 1 unspecified atom stereocenters. The molecule has 1 aromatic rings. The van der Waals surface area contributed by atoms with Gasteiger partial charge in [-0.05, 0) is 27.4 Å². The van der Waals surface area contributed by atoms with Crippen LogP contribution in [0.4, 0.5) is 5.69 Å². The van der Waals surface area contributed by atoms with Crippen LogP contribution in [-0.2, 0) is 0 Å². The van der Waals surface area contributed by atoms with Crippen molar-refractivity contribution in [1.29, 1.82) is 0 Å². The SMILES string of the molecule is CPC(=O)c1ccc(N)c(Cl)c1O. The first-order valence-corrected chi connectivity index (χ1v) is 5.44. The molecular weight excluding hydrogens is 209 g/mol. The average molecular weight is 218 g/mol. The second kappa shape index (κ2) is 3.95. The van der Waals surface area contributed by atoms with Crippen LogP contribution in [0.5, 0.6) is 5.75 Å². The van der Waals surface area contributed by atoms with E-state index in [1.54, 1.807) is 6.66 Å². The molecule has 3 N–H and O–H groups in total. The van der Waals surface area contributed by atoms with E-state index in [1.165, 1.54) is 12.1 Å². The van der Waals surface area contributed by atoms with Crippen LogP contribution in [0, 0.1) is 0 Å². The van der Waals surface area contributed by atoms with Gasteiger partial charge in [0.25, 0.3) is 0 Å². The lowest BCUT2D eigenvalue weighted by molar-refractivity contribution is 0.108. The molecule has 0 saturated carbocycles. The standard InChI is InChI=1S/C8H9ClNO2P/c1-13-8(12)4-2-3-5(10)6(9)7(4)11/h2-3,11,13H,10H2,1H3. The molecule has 1 rings (SSSR count). The first kappa shape index (κ1) is 10.3. The number of carbonyl (C=O) groups is 1. The monoisotopic (exact) mass is 217 g/mol. The third kappa shape index (κ3) is 1.93. The molecule has 0 aromatic heterocycles. The molecular formula is C8H9ClNO2P. The molecule has 0 aliphatic carbocycles. The summed E-state index contributed by atoms with van der Waals surface area (Å²) in [7, 11) is 0.100. The van der Waals surface area contributed by atoms with Gasteiger partial charge in [-0.2, -0.15) is 0 Å². The van der Waals surface area contributed by atoms with Gasteiger partial charge < -0.3 is 10.8 Å². The van der Waals surface area contributed by atoms with Gasteiger partial charge in [-0.25, -0.2) is 0 Å². The molecule has 1 atom stereocenters. The minimum atomic E-state index is -0.221. The molecule has 13 heavy (non-hydrogen) atoms. The smallest absolute Gasteiger partial charge is 0.184 e. The van der Waals surface area contributed by atoms with E-state index in [-0.39, 0.29) is 36.1 Å².